The fourth-order valence-electron chi connectivity index (χ4n) is 3.83. The molecule has 1 aliphatic rings. The van der Waals surface area contributed by atoms with Crippen molar-refractivity contribution < 1.29 is 9.18 Å². The summed E-state index contributed by atoms with van der Waals surface area (Å²) in [4.78, 5) is 26.5. The Kier molecular flexibility index (Phi) is 5.87. The maximum absolute atomic E-state index is 14.5. The number of benzene rings is 2. The summed E-state index contributed by atoms with van der Waals surface area (Å²) in [5, 5.41) is 11.5. The number of carbonyl (C=O) groups is 1. The van der Waals surface area contributed by atoms with Gasteiger partial charge in [-0.2, -0.15) is 5.10 Å². The number of nitrogens with zero attached hydrogens (tertiary/aromatic N) is 2. The Labute approximate surface area is 180 Å². The number of nitrogens with one attached hydrogen (secondary N) is 2. The fourth-order valence-corrected chi connectivity index (χ4v) is 3.83. The minimum absolute atomic E-state index is 0.0709. The molecule has 1 atom stereocenters. The van der Waals surface area contributed by atoms with Crippen molar-refractivity contribution in [3.8, 4) is 0 Å². The summed E-state index contributed by atoms with van der Waals surface area (Å²) < 4.78 is 14.5. The number of hydrogen-bond acceptors (Lipinski definition) is 4. The lowest BCUT2D eigenvalue weighted by Crippen LogP contribution is -2.62. The largest absolute Gasteiger partial charge is 0.335 e. The first kappa shape index (κ1) is 21.2. The summed E-state index contributed by atoms with van der Waals surface area (Å²) in [5.74, 6) is -0.314. The standard InChI is InChI=1S/C24H27FN4O2/c1-14(2)15(3)26-17-12-29(13-17)24(31)20-10-16(8-9-21(20)25)11-22-18-6-4-5-7-19(18)23(30)28-27-22/h4-10,14-15,17,26H,11-13H2,1-3H3,(H,28,30)/t15-/m1/s1. The highest BCUT2D eigenvalue weighted by Gasteiger charge is 2.33. The maximum Gasteiger partial charge on any atom is 0.272 e. The molecule has 0 spiro atoms. The van der Waals surface area contributed by atoms with Gasteiger partial charge in [-0.1, -0.05) is 38.1 Å². The van der Waals surface area contributed by atoms with Crippen LogP contribution in [-0.4, -0.2) is 46.2 Å². The molecule has 31 heavy (non-hydrogen) atoms. The average molecular weight is 423 g/mol. The van der Waals surface area contributed by atoms with Gasteiger partial charge in [0.1, 0.15) is 5.82 Å². The molecule has 2 aromatic carbocycles. The van der Waals surface area contributed by atoms with Crippen LogP contribution in [0.5, 0.6) is 0 Å². The Morgan fingerprint density at radius 2 is 1.90 bits per heavy atom. The van der Waals surface area contributed by atoms with Gasteiger partial charge in [0.05, 0.1) is 16.6 Å². The normalized spacial score (nSPS) is 15.3. The van der Waals surface area contributed by atoms with Crippen molar-refractivity contribution in [1.82, 2.24) is 20.4 Å². The number of fused-ring (bicyclic) bond motifs is 1. The molecule has 0 saturated carbocycles. The highest BCUT2D eigenvalue weighted by atomic mass is 19.1. The molecule has 0 aliphatic carbocycles. The number of rotatable bonds is 6. The number of H-pyrrole nitrogens is 1. The Hall–Kier alpha value is -3.06. The SMILES string of the molecule is CC(C)[C@@H](C)NC1CN(C(=O)c2cc(Cc3n[nH]c(=O)c4ccccc34)ccc2F)C1. The molecule has 2 N–H and O–H groups in total. The van der Waals surface area contributed by atoms with Crippen LogP contribution in [-0.2, 0) is 6.42 Å². The van der Waals surface area contributed by atoms with E-state index in [2.05, 4.69) is 36.3 Å². The molecule has 2 heterocycles. The molecule has 0 bridgehead atoms. The van der Waals surface area contributed by atoms with Crippen LogP contribution in [0.15, 0.2) is 47.3 Å². The van der Waals surface area contributed by atoms with E-state index < -0.39 is 5.82 Å². The van der Waals surface area contributed by atoms with E-state index in [0.29, 0.717) is 42.6 Å². The van der Waals surface area contributed by atoms with Crippen LogP contribution in [0.2, 0.25) is 0 Å². The van der Waals surface area contributed by atoms with Crippen LogP contribution >= 0.6 is 0 Å². The van der Waals surface area contributed by atoms with Crippen LogP contribution < -0.4 is 10.9 Å². The van der Waals surface area contributed by atoms with Gasteiger partial charge in [-0.15, -0.1) is 0 Å². The molecule has 3 aromatic rings. The van der Waals surface area contributed by atoms with Crippen molar-refractivity contribution in [3.05, 3.63) is 75.5 Å². The van der Waals surface area contributed by atoms with Crippen molar-refractivity contribution in [1.29, 1.82) is 0 Å². The lowest BCUT2D eigenvalue weighted by atomic mass is 9.99. The zero-order chi connectivity index (χ0) is 22.1. The van der Waals surface area contributed by atoms with Crippen molar-refractivity contribution in [2.45, 2.75) is 39.3 Å². The molecular formula is C24H27FN4O2. The Morgan fingerprint density at radius 1 is 1.19 bits per heavy atom. The van der Waals surface area contributed by atoms with Gasteiger partial charge in [0.15, 0.2) is 0 Å². The van der Waals surface area contributed by atoms with E-state index in [-0.39, 0.29) is 23.1 Å². The third kappa shape index (κ3) is 4.37. The fraction of sp³-hybridized carbons (Fsp3) is 0.375. The topological polar surface area (TPSA) is 78.1 Å². The lowest BCUT2D eigenvalue weighted by molar-refractivity contribution is 0.0541. The number of aromatic nitrogens is 2. The van der Waals surface area contributed by atoms with E-state index in [9.17, 15) is 14.0 Å². The van der Waals surface area contributed by atoms with Crippen molar-refractivity contribution >= 4 is 16.7 Å². The highest BCUT2D eigenvalue weighted by Crippen LogP contribution is 2.21. The number of carbonyl (C=O) groups excluding carboxylic acids is 1. The van der Waals surface area contributed by atoms with Gasteiger partial charge in [0.25, 0.3) is 11.5 Å². The summed E-state index contributed by atoms with van der Waals surface area (Å²) >= 11 is 0. The molecule has 1 saturated heterocycles. The smallest absolute Gasteiger partial charge is 0.272 e. The molecule has 162 valence electrons. The number of aromatic amines is 1. The third-order valence-corrected chi connectivity index (χ3v) is 6.08. The van der Waals surface area contributed by atoms with E-state index >= 15 is 0 Å². The molecule has 0 radical (unpaired) electrons. The zero-order valence-corrected chi connectivity index (χ0v) is 18.0. The van der Waals surface area contributed by atoms with Crippen molar-refractivity contribution in [3.63, 3.8) is 0 Å². The predicted molar refractivity (Wildman–Crippen MR) is 119 cm³/mol. The molecule has 0 unspecified atom stereocenters. The van der Waals surface area contributed by atoms with E-state index in [0.717, 1.165) is 10.9 Å². The van der Waals surface area contributed by atoms with E-state index in [1.807, 2.05) is 12.1 Å². The quantitative estimate of drug-likeness (QED) is 0.640. The lowest BCUT2D eigenvalue weighted by Gasteiger charge is -2.41. The van der Waals surface area contributed by atoms with E-state index in [1.54, 1.807) is 29.2 Å². The number of amides is 1. The second-order valence-electron chi connectivity index (χ2n) is 8.64. The molecule has 7 heteroatoms. The van der Waals surface area contributed by atoms with Crippen LogP contribution in [0.25, 0.3) is 10.8 Å². The zero-order valence-electron chi connectivity index (χ0n) is 18.0. The molecular weight excluding hydrogens is 395 g/mol. The van der Waals surface area contributed by atoms with E-state index in [4.69, 9.17) is 0 Å². The Morgan fingerprint density at radius 3 is 2.61 bits per heavy atom. The van der Waals surface area contributed by atoms with Crippen LogP contribution in [0, 0.1) is 11.7 Å². The number of likely N-dealkylation sites (tertiary alicyclic amines) is 1. The first-order chi connectivity index (χ1) is 14.8. The summed E-state index contributed by atoms with van der Waals surface area (Å²) in [5.41, 5.74) is 1.26. The van der Waals surface area contributed by atoms with Crippen LogP contribution in [0.3, 0.4) is 0 Å². The van der Waals surface area contributed by atoms with Gasteiger partial charge in [0, 0.05) is 37.0 Å². The molecule has 1 aliphatic heterocycles. The van der Waals surface area contributed by atoms with Crippen LogP contribution in [0.1, 0.15) is 42.4 Å². The van der Waals surface area contributed by atoms with Gasteiger partial charge in [-0.3, -0.25) is 9.59 Å². The van der Waals surface area contributed by atoms with Crippen molar-refractivity contribution in [2.75, 3.05) is 13.1 Å². The molecule has 6 nitrogen and oxygen atoms in total. The Balaban J connectivity index is 1.51. The van der Waals surface area contributed by atoms with Gasteiger partial charge in [-0.05, 0) is 36.6 Å². The van der Waals surface area contributed by atoms with Crippen LogP contribution in [0.4, 0.5) is 4.39 Å². The Bertz CT molecular complexity index is 1170. The number of hydrogen-bond donors (Lipinski definition) is 2. The molecule has 1 aromatic heterocycles. The van der Waals surface area contributed by atoms with Gasteiger partial charge >= 0.3 is 0 Å². The van der Waals surface area contributed by atoms with E-state index in [1.165, 1.54) is 6.07 Å². The van der Waals surface area contributed by atoms with Gasteiger partial charge in [-0.25, -0.2) is 9.49 Å². The maximum atomic E-state index is 14.5. The first-order valence-corrected chi connectivity index (χ1v) is 10.6. The highest BCUT2D eigenvalue weighted by molar-refractivity contribution is 5.95. The first-order valence-electron chi connectivity index (χ1n) is 10.6. The monoisotopic (exact) mass is 422 g/mol. The average Bonchev–Trinajstić information content (AvgIpc) is 2.73. The van der Waals surface area contributed by atoms with Gasteiger partial charge < -0.3 is 10.2 Å². The van der Waals surface area contributed by atoms with Gasteiger partial charge in [0.2, 0.25) is 0 Å². The summed E-state index contributed by atoms with van der Waals surface area (Å²) in [7, 11) is 0. The third-order valence-electron chi connectivity index (χ3n) is 6.08. The number of halogens is 1. The molecule has 4 rings (SSSR count). The predicted octanol–water partition coefficient (Wildman–Crippen LogP) is 3.11. The molecule has 1 amide bonds. The minimum Gasteiger partial charge on any atom is -0.335 e. The second kappa shape index (κ2) is 8.59. The summed E-state index contributed by atoms with van der Waals surface area (Å²) in [6.07, 6.45) is 0.383. The second-order valence-corrected chi connectivity index (χ2v) is 8.64. The minimum atomic E-state index is -0.528. The van der Waals surface area contributed by atoms with Crippen molar-refractivity contribution in [2.24, 2.45) is 5.92 Å². The summed E-state index contributed by atoms with van der Waals surface area (Å²) in [6, 6.07) is 12.4. The molecule has 1 fully saturated rings. The summed E-state index contributed by atoms with van der Waals surface area (Å²) in [6.45, 7) is 7.59.